The molecule has 0 bridgehead atoms. The van der Waals surface area contributed by atoms with E-state index >= 15 is 0 Å². The average molecular weight is 348 g/mol. The van der Waals surface area contributed by atoms with Gasteiger partial charge in [0.15, 0.2) is 0 Å². The van der Waals surface area contributed by atoms with Gasteiger partial charge in [-0.25, -0.2) is 9.18 Å². The molecule has 0 aromatic heterocycles. The minimum absolute atomic E-state index is 0.0445. The van der Waals surface area contributed by atoms with Crippen LogP contribution in [0.25, 0.3) is 0 Å². The van der Waals surface area contributed by atoms with Crippen LogP contribution in [0.4, 0.5) is 14.9 Å². The van der Waals surface area contributed by atoms with Gasteiger partial charge in [0.25, 0.3) is 0 Å². The van der Waals surface area contributed by atoms with Crippen molar-refractivity contribution in [1.29, 1.82) is 0 Å². The summed E-state index contributed by atoms with van der Waals surface area (Å²) in [5.41, 5.74) is 0.687. The first-order chi connectivity index (χ1) is 12.2. The van der Waals surface area contributed by atoms with Crippen LogP contribution in [0.3, 0.4) is 0 Å². The lowest BCUT2D eigenvalue weighted by atomic mass is 9.96. The Bertz CT molecular complexity index is 554. The Balaban J connectivity index is 1.32. The van der Waals surface area contributed by atoms with Gasteiger partial charge in [0, 0.05) is 45.3 Å². The molecule has 0 unspecified atom stereocenters. The van der Waals surface area contributed by atoms with E-state index in [4.69, 9.17) is 0 Å². The summed E-state index contributed by atoms with van der Waals surface area (Å²) in [4.78, 5) is 16.3. The standard InChI is InChI=1S/C19H29FN4O/c20-17-8-4-5-9-18(17)24-14-12-23(13-15-24)11-10-21-19(25)22-16-6-2-1-3-7-16/h4-5,8-9,16H,1-3,6-7,10-15H2,(H2,21,22,25). The number of hydrogen-bond donors (Lipinski definition) is 2. The monoisotopic (exact) mass is 348 g/mol. The summed E-state index contributed by atoms with van der Waals surface area (Å²) < 4.78 is 13.8. The summed E-state index contributed by atoms with van der Waals surface area (Å²) >= 11 is 0. The summed E-state index contributed by atoms with van der Waals surface area (Å²) in [6.45, 7) is 4.90. The number of anilines is 1. The maximum Gasteiger partial charge on any atom is 0.315 e. The molecular weight excluding hydrogens is 319 g/mol. The predicted molar refractivity (Wildman–Crippen MR) is 98.5 cm³/mol. The van der Waals surface area contributed by atoms with Crippen LogP contribution in [0.1, 0.15) is 32.1 Å². The van der Waals surface area contributed by atoms with E-state index < -0.39 is 0 Å². The van der Waals surface area contributed by atoms with Crippen LogP contribution in [-0.4, -0.2) is 56.2 Å². The van der Waals surface area contributed by atoms with Crippen LogP contribution in [-0.2, 0) is 0 Å². The van der Waals surface area contributed by atoms with Crippen molar-refractivity contribution >= 4 is 11.7 Å². The molecule has 0 radical (unpaired) electrons. The predicted octanol–water partition coefficient (Wildman–Crippen LogP) is 2.58. The molecule has 2 aliphatic rings. The highest BCUT2D eigenvalue weighted by Gasteiger charge is 2.19. The van der Waals surface area contributed by atoms with E-state index in [1.807, 2.05) is 12.1 Å². The topological polar surface area (TPSA) is 47.6 Å². The van der Waals surface area contributed by atoms with Crippen LogP contribution in [0.2, 0.25) is 0 Å². The summed E-state index contributed by atoms with van der Waals surface area (Å²) in [5.74, 6) is -0.156. The zero-order valence-corrected chi connectivity index (χ0v) is 14.8. The van der Waals surface area contributed by atoms with Gasteiger partial charge in [-0.1, -0.05) is 31.4 Å². The quantitative estimate of drug-likeness (QED) is 0.860. The molecule has 2 amide bonds. The fraction of sp³-hybridized carbons (Fsp3) is 0.632. The molecule has 1 saturated carbocycles. The number of benzene rings is 1. The number of nitrogens with zero attached hydrogens (tertiary/aromatic N) is 2. The minimum Gasteiger partial charge on any atom is -0.367 e. The highest BCUT2D eigenvalue weighted by atomic mass is 19.1. The van der Waals surface area contributed by atoms with E-state index in [-0.39, 0.29) is 11.8 Å². The SMILES string of the molecule is O=C(NCCN1CCN(c2ccccc2F)CC1)NC1CCCCC1. The van der Waals surface area contributed by atoms with Gasteiger partial charge in [0.05, 0.1) is 5.69 Å². The number of para-hydroxylation sites is 1. The Morgan fingerprint density at radius 1 is 1.08 bits per heavy atom. The van der Waals surface area contributed by atoms with Crippen molar-refractivity contribution in [3.63, 3.8) is 0 Å². The second-order valence-electron chi connectivity index (χ2n) is 7.02. The maximum absolute atomic E-state index is 13.8. The maximum atomic E-state index is 13.8. The Morgan fingerprint density at radius 2 is 1.80 bits per heavy atom. The van der Waals surface area contributed by atoms with Gasteiger partial charge in [-0.05, 0) is 25.0 Å². The third-order valence-electron chi connectivity index (χ3n) is 5.22. The molecule has 25 heavy (non-hydrogen) atoms. The number of amides is 2. The van der Waals surface area contributed by atoms with Crippen molar-refractivity contribution in [1.82, 2.24) is 15.5 Å². The number of carbonyl (C=O) groups is 1. The molecule has 3 rings (SSSR count). The van der Waals surface area contributed by atoms with E-state index in [0.29, 0.717) is 18.3 Å². The summed E-state index contributed by atoms with van der Waals surface area (Å²) in [6.07, 6.45) is 5.93. The fourth-order valence-electron chi connectivity index (χ4n) is 3.73. The van der Waals surface area contributed by atoms with Crippen molar-refractivity contribution in [2.75, 3.05) is 44.2 Å². The second kappa shape index (κ2) is 9.04. The molecule has 138 valence electrons. The summed E-state index contributed by atoms with van der Waals surface area (Å²) in [7, 11) is 0. The Hall–Kier alpha value is -1.82. The third-order valence-corrected chi connectivity index (χ3v) is 5.22. The largest absolute Gasteiger partial charge is 0.367 e. The van der Waals surface area contributed by atoms with Crippen molar-refractivity contribution in [3.8, 4) is 0 Å². The summed E-state index contributed by atoms with van der Waals surface area (Å²) in [6, 6.07) is 7.24. The van der Waals surface area contributed by atoms with Crippen molar-refractivity contribution in [3.05, 3.63) is 30.1 Å². The van der Waals surface area contributed by atoms with Gasteiger partial charge in [-0.3, -0.25) is 4.90 Å². The number of urea groups is 1. The van der Waals surface area contributed by atoms with E-state index in [0.717, 1.165) is 45.6 Å². The van der Waals surface area contributed by atoms with E-state index in [1.54, 1.807) is 6.07 Å². The highest BCUT2D eigenvalue weighted by Crippen LogP contribution is 2.20. The van der Waals surface area contributed by atoms with E-state index in [1.165, 1.54) is 25.3 Å². The second-order valence-corrected chi connectivity index (χ2v) is 7.02. The number of piperazine rings is 1. The number of halogens is 1. The number of nitrogens with one attached hydrogen (secondary N) is 2. The van der Waals surface area contributed by atoms with Gasteiger partial charge >= 0.3 is 6.03 Å². The fourth-order valence-corrected chi connectivity index (χ4v) is 3.73. The first-order valence-corrected chi connectivity index (χ1v) is 9.48. The highest BCUT2D eigenvalue weighted by molar-refractivity contribution is 5.74. The first kappa shape index (κ1) is 18.0. The zero-order chi connectivity index (χ0) is 17.5. The molecule has 5 nitrogen and oxygen atoms in total. The molecule has 1 saturated heterocycles. The molecule has 1 aromatic carbocycles. The van der Waals surface area contributed by atoms with Gasteiger partial charge in [0.1, 0.15) is 5.82 Å². The molecule has 0 atom stereocenters. The van der Waals surface area contributed by atoms with E-state index in [2.05, 4.69) is 20.4 Å². The minimum atomic E-state index is -0.156. The van der Waals surface area contributed by atoms with Crippen LogP contribution >= 0.6 is 0 Å². The van der Waals surface area contributed by atoms with Crippen LogP contribution < -0.4 is 15.5 Å². The lowest BCUT2D eigenvalue weighted by Gasteiger charge is -2.36. The summed E-state index contributed by atoms with van der Waals surface area (Å²) in [5, 5.41) is 6.04. The molecule has 1 aliphatic heterocycles. The van der Waals surface area contributed by atoms with Gasteiger partial charge in [-0.15, -0.1) is 0 Å². The van der Waals surface area contributed by atoms with Gasteiger partial charge < -0.3 is 15.5 Å². The molecular formula is C19H29FN4O. The molecule has 1 aromatic rings. The van der Waals surface area contributed by atoms with E-state index in [9.17, 15) is 9.18 Å². The van der Waals surface area contributed by atoms with Crippen molar-refractivity contribution in [2.24, 2.45) is 0 Å². The van der Waals surface area contributed by atoms with Crippen LogP contribution in [0.5, 0.6) is 0 Å². The third kappa shape index (κ3) is 5.33. The zero-order valence-electron chi connectivity index (χ0n) is 14.8. The lowest BCUT2D eigenvalue weighted by Crippen LogP contribution is -2.50. The first-order valence-electron chi connectivity index (χ1n) is 9.48. The smallest absolute Gasteiger partial charge is 0.315 e. The van der Waals surface area contributed by atoms with Crippen LogP contribution in [0, 0.1) is 5.82 Å². The molecule has 1 heterocycles. The van der Waals surface area contributed by atoms with Crippen LogP contribution in [0.15, 0.2) is 24.3 Å². The van der Waals surface area contributed by atoms with Gasteiger partial charge in [0.2, 0.25) is 0 Å². The normalized spacial score (nSPS) is 19.6. The average Bonchev–Trinajstić information content (AvgIpc) is 2.64. The molecule has 2 fully saturated rings. The van der Waals surface area contributed by atoms with Crippen molar-refractivity contribution in [2.45, 2.75) is 38.1 Å². The Labute approximate surface area is 149 Å². The van der Waals surface area contributed by atoms with Gasteiger partial charge in [-0.2, -0.15) is 0 Å². The number of rotatable bonds is 5. The molecule has 6 heteroatoms. The number of carbonyl (C=O) groups excluding carboxylic acids is 1. The molecule has 2 N–H and O–H groups in total. The lowest BCUT2D eigenvalue weighted by molar-refractivity contribution is 0.225. The van der Waals surface area contributed by atoms with Crippen molar-refractivity contribution < 1.29 is 9.18 Å². The Morgan fingerprint density at radius 3 is 2.52 bits per heavy atom. The molecule has 0 spiro atoms. The Kier molecular flexibility index (Phi) is 6.50. The number of hydrogen-bond acceptors (Lipinski definition) is 3. The molecule has 1 aliphatic carbocycles.